The van der Waals surface area contributed by atoms with Crippen LogP contribution in [0.15, 0.2) is 30.5 Å². The molecule has 1 aromatic heterocycles. The molecule has 108 valence electrons. The minimum absolute atomic E-state index is 0.0693. The van der Waals surface area contributed by atoms with Gasteiger partial charge in [-0.3, -0.25) is 14.7 Å². The van der Waals surface area contributed by atoms with E-state index in [1.54, 1.807) is 12.3 Å². The molecule has 7 nitrogen and oxygen atoms in total. The summed E-state index contributed by atoms with van der Waals surface area (Å²) in [6.07, 6.45) is 2.04. The van der Waals surface area contributed by atoms with Crippen molar-refractivity contribution in [3.8, 4) is 5.75 Å². The Balaban J connectivity index is 1.89. The van der Waals surface area contributed by atoms with E-state index < -0.39 is 5.91 Å². The number of anilines is 1. The number of amides is 2. The molecule has 0 saturated heterocycles. The van der Waals surface area contributed by atoms with Crippen molar-refractivity contribution in [1.82, 2.24) is 10.2 Å². The standard InChI is InChI=1S/C14H14N4O3/c15-12(19)7-21-9-3-1-2-8(4-9)10-5-13(20)17-14-11(10)6-16-18-14/h1-4,6,10H,5,7H2,(H2,15,19)(H2,16,17,18,20). The number of aromatic nitrogens is 2. The highest BCUT2D eigenvalue weighted by molar-refractivity contribution is 5.94. The van der Waals surface area contributed by atoms with Gasteiger partial charge in [0.15, 0.2) is 6.61 Å². The Morgan fingerprint density at radius 1 is 1.48 bits per heavy atom. The Labute approximate surface area is 120 Å². The van der Waals surface area contributed by atoms with Crippen molar-refractivity contribution in [3.63, 3.8) is 0 Å². The molecule has 21 heavy (non-hydrogen) atoms. The highest BCUT2D eigenvalue weighted by atomic mass is 16.5. The second kappa shape index (κ2) is 5.28. The van der Waals surface area contributed by atoms with E-state index in [2.05, 4.69) is 15.5 Å². The first kappa shape index (κ1) is 13.2. The molecular formula is C14H14N4O3. The number of H-pyrrole nitrogens is 1. The molecule has 2 heterocycles. The first-order chi connectivity index (χ1) is 10.1. The number of ether oxygens (including phenoxy) is 1. The number of rotatable bonds is 4. The predicted octanol–water partition coefficient (Wildman–Crippen LogP) is 0.748. The van der Waals surface area contributed by atoms with Crippen molar-refractivity contribution in [2.24, 2.45) is 5.73 Å². The van der Waals surface area contributed by atoms with Gasteiger partial charge in [0.05, 0.1) is 6.20 Å². The number of hydrogen-bond acceptors (Lipinski definition) is 4. The molecular weight excluding hydrogens is 272 g/mol. The van der Waals surface area contributed by atoms with Gasteiger partial charge in [0.1, 0.15) is 11.6 Å². The number of nitrogens with two attached hydrogens (primary N) is 1. The van der Waals surface area contributed by atoms with Gasteiger partial charge in [-0.05, 0) is 17.7 Å². The SMILES string of the molecule is NC(=O)COc1cccc(C2CC(=O)Nc3[nH]ncc32)c1. The smallest absolute Gasteiger partial charge is 0.255 e. The third-order valence-corrected chi connectivity index (χ3v) is 3.34. The van der Waals surface area contributed by atoms with Gasteiger partial charge in [-0.25, -0.2) is 0 Å². The van der Waals surface area contributed by atoms with E-state index in [1.807, 2.05) is 18.2 Å². The van der Waals surface area contributed by atoms with Crippen LogP contribution in [0.1, 0.15) is 23.5 Å². The van der Waals surface area contributed by atoms with Gasteiger partial charge >= 0.3 is 0 Å². The summed E-state index contributed by atoms with van der Waals surface area (Å²) < 4.78 is 5.30. The molecule has 1 aliphatic rings. The third-order valence-electron chi connectivity index (χ3n) is 3.34. The maximum atomic E-state index is 11.8. The summed E-state index contributed by atoms with van der Waals surface area (Å²) in [7, 11) is 0. The highest BCUT2D eigenvalue weighted by Crippen LogP contribution is 2.36. The van der Waals surface area contributed by atoms with Crippen molar-refractivity contribution < 1.29 is 14.3 Å². The monoisotopic (exact) mass is 286 g/mol. The molecule has 4 N–H and O–H groups in total. The van der Waals surface area contributed by atoms with E-state index >= 15 is 0 Å². The number of carbonyl (C=O) groups is 2. The van der Waals surface area contributed by atoms with E-state index in [9.17, 15) is 9.59 Å². The van der Waals surface area contributed by atoms with Crippen LogP contribution in [0, 0.1) is 0 Å². The maximum absolute atomic E-state index is 11.8. The van der Waals surface area contributed by atoms with Crippen LogP contribution in [0.2, 0.25) is 0 Å². The summed E-state index contributed by atoms with van der Waals surface area (Å²) in [4.78, 5) is 22.5. The second-order valence-electron chi connectivity index (χ2n) is 4.83. The molecule has 0 aliphatic carbocycles. The lowest BCUT2D eigenvalue weighted by Crippen LogP contribution is -2.23. The lowest BCUT2D eigenvalue weighted by molar-refractivity contribution is -0.120. The number of hydrogen-bond donors (Lipinski definition) is 3. The highest BCUT2D eigenvalue weighted by Gasteiger charge is 2.28. The molecule has 0 saturated carbocycles. The molecule has 0 fully saturated rings. The largest absolute Gasteiger partial charge is 0.484 e. The van der Waals surface area contributed by atoms with Crippen molar-refractivity contribution in [2.75, 3.05) is 11.9 Å². The van der Waals surface area contributed by atoms with Crippen LogP contribution < -0.4 is 15.8 Å². The topological polar surface area (TPSA) is 110 Å². The number of nitrogens with one attached hydrogen (secondary N) is 2. The van der Waals surface area contributed by atoms with E-state index in [0.717, 1.165) is 11.1 Å². The zero-order valence-electron chi connectivity index (χ0n) is 11.1. The zero-order valence-corrected chi connectivity index (χ0v) is 11.1. The molecule has 1 aliphatic heterocycles. The zero-order chi connectivity index (χ0) is 14.8. The number of fused-ring (bicyclic) bond motifs is 1. The van der Waals surface area contributed by atoms with E-state index in [0.29, 0.717) is 18.0 Å². The summed E-state index contributed by atoms with van der Waals surface area (Å²) in [6, 6.07) is 7.28. The van der Waals surface area contributed by atoms with Crippen molar-refractivity contribution in [1.29, 1.82) is 0 Å². The minimum Gasteiger partial charge on any atom is -0.484 e. The first-order valence-corrected chi connectivity index (χ1v) is 6.47. The fraction of sp³-hybridized carbons (Fsp3) is 0.214. The van der Waals surface area contributed by atoms with Gasteiger partial charge in [-0.2, -0.15) is 5.10 Å². The van der Waals surface area contributed by atoms with E-state index in [1.165, 1.54) is 0 Å². The number of nitrogens with zero attached hydrogens (tertiary/aromatic N) is 1. The summed E-state index contributed by atoms with van der Waals surface area (Å²) in [6.45, 7) is -0.175. The Kier molecular flexibility index (Phi) is 3.31. The van der Waals surface area contributed by atoms with Crippen LogP contribution in [0.25, 0.3) is 0 Å². The molecule has 2 amide bonds. The lowest BCUT2D eigenvalue weighted by Gasteiger charge is -2.22. The fourth-order valence-corrected chi connectivity index (χ4v) is 2.42. The molecule has 7 heteroatoms. The van der Waals surface area contributed by atoms with Crippen molar-refractivity contribution >= 4 is 17.6 Å². The average molecular weight is 286 g/mol. The predicted molar refractivity (Wildman–Crippen MR) is 74.8 cm³/mol. The molecule has 0 spiro atoms. The normalized spacial score (nSPS) is 17.0. The first-order valence-electron chi connectivity index (χ1n) is 6.47. The van der Waals surface area contributed by atoms with Crippen LogP contribution >= 0.6 is 0 Å². The summed E-state index contributed by atoms with van der Waals surface area (Å²) in [5.74, 6) is 0.474. The van der Waals surface area contributed by atoms with E-state index in [4.69, 9.17) is 10.5 Å². The molecule has 0 radical (unpaired) electrons. The summed E-state index contributed by atoms with van der Waals surface area (Å²) >= 11 is 0. The van der Waals surface area contributed by atoms with E-state index in [-0.39, 0.29) is 18.4 Å². The molecule has 0 bridgehead atoms. The van der Waals surface area contributed by atoms with Gasteiger partial charge in [-0.15, -0.1) is 0 Å². The number of aromatic amines is 1. The van der Waals surface area contributed by atoms with Crippen LogP contribution in [-0.4, -0.2) is 28.6 Å². The van der Waals surface area contributed by atoms with Crippen LogP contribution in [0.3, 0.4) is 0 Å². The van der Waals surface area contributed by atoms with Gasteiger partial charge in [-0.1, -0.05) is 12.1 Å². The van der Waals surface area contributed by atoms with Crippen LogP contribution in [-0.2, 0) is 9.59 Å². The van der Waals surface area contributed by atoms with Crippen LogP contribution in [0.5, 0.6) is 5.75 Å². The molecule has 1 unspecified atom stereocenters. The van der Waals surface area contributed by atoms with Crippen molar-refractivity contribution in [3.05, 3.63) is 41.6 Å². The summed E-state index contributed by atoms with van der Waals surface area (Å²) in [5.41, 5.74) is 6.92. The van der Waals surface area contributed by atoms with Gasteiger partial charge in [0, 0.05) is 17.9 Å². The van der Waals surface area contributed by atoms with Gasteiger partial charge in [0.2, 0.25) is 5.91 Å². The minimum atomic E-state index is -0.533. The van der Waals surface area contributed by atoms with Crippen molar-refractivity contribution in [2.45, 2.75) is 12.3 Å². The Bertz CT molecular complexity index is 695. The number of carbonyl (C=O) groups excluding carboxylic acids is 2. The molecule has 2 aromatic rings. The Morgan fingerprint density at radius 3 is 3.14 bits per heavy atom. The third kappa shape index (κ3) is 2.71. The molecule has 3 rings (SSSR count). The molecule has 1 aromatic carbocycles. The Hall–Kier alpha value is -2.83. The fourth-order valence-electron chi connectivity index (χ4n) is 2.42. The maximum Gasteiger partial charge on any atom is 0.255 e. The average Bonchev–Trinajstić information content (AvgIpc) is 2.92. The van der Waals surface area contributed by atoms with Gasteiger partial charge < -0.3 is 15.8 Å². The number of benzene rings is 1. The molecule has 1 atom stereocenters. The Morgan fingerprint density at radius 2 is 2.33 bits per heavy atom. The second-order valence-corrected chi connectivity index (χ2v) is 4.83. The van der Waals surface area contributed by atoms with Gasteiger partial charge in [0.25, 0.3) is 5.91 Å². The quantitative estimate of drug-likeness (QED) is 0.770. The number of primary amides is 1. The van der Waals surface area contributed by atoms with Crippen LogP contribution in [0.4, 0.5) is 5.82 Å². The summed E-state index contributed by atoms with van der Waals surface area (Å²) in [5, 5.41) is 9.48. The lowest BCUT2D eigenvalue weighted by atomic mass is 9.87.